The molecular weight excluding hydrogens is 206 g/mol. The summed E-state index contributed by atoms with van der Waals surface area (Å²) in [5.74, 6) is 0. The van der Waals surface area contributed by atoms with Crippen molar-refractivity contribution in [2.75, 3.05) is 0 Å². The molecule has 4 heteroatoms. The molecular formula is C11H9N3S. The van der Waals surface area contributed by atoms with Gasteiger partial charge in [0.15, 0.2) is 5.16 Å². The maximum atomic E-state index is 7.80. The van der Waals surface area contributed by atoms with E-state index in [1.807, 2.05) is 0 Å². The van der Waals surface area contributed by atoms with E-state index >= 15 is 0 Å². The fourth-order valence-corrected chi connectivity index (χ4v) is 1.67. The van der Waals surface area contributed by atoms with Crippen LogP contribution in [-0.2, 0) is 0 Å². The minimum atomic E-state index is -0.248. The van der Waals surface area contributed by atoms with E-state index in [0.29, 0.717) is 16.4 Å². The van der Waals surface area contributed by atoms with Crippen molar-refractivity contribution in [3.63, 3.8) is 0 Å². The van der Waals surface area contributed by atoms with E-state index in [4.69, 9.17) is 5.48 Å². The molecule has 2 heterocycles. The summed E-state index contributed by atoms with van der Waals surface area (Å²) in [5.41, 5.74) is 2.00. The maximum absolute atomic E-state index is 7.80. The largest absolute Gasteiger partial charge is 0.333 e. The van der Waals surface area contributed by atoms with Crippen molar-refractivity contribution in [2.24, 2.45) is 0 Å². The molecule has 2 aromatic heterocycles. The van der Waals surface area contributed by atoms with Crippen LogP contribution in [0.1, 0.15) is 5.48 Å². The van der Waals surface area contributed by atoms with Crippen LogP contribution in [0.2, 0.25) is 0 Å². The summed E-state index contributed by atoms with van der Waals surface area (Å²) in [6, 6.07) is 4.68. The SMILES string of the molecule is [2H]c1c([2H])c([2H])n(-c2ccc3[nH]c(S)nc3c2)c1[2H]. The topological polar surface area (TPSA) is 33.6 Å². The van der Waals surface area contributed by atoms with Crippen molar-refractivity contribution in [3.05, 3.63) is 42.6 Å². The van der Waals surface area contributed by atoms with E-state index in [1.165, 1.54) is 4.57 Å². The fourth-order valence-electron chi connectivity index (χ4n) is 1.44. The molecule has 1 N–H and O–H groups in total. The van der Waals surface area contributed by atoms with Gasteiger partial charge in [-0.05, 0) is 30.3 Å². The van der Waals surface area contributed by atoms with E-state index < -0.39 is 0 Å². The molecule has 3 aromatic rings. The molecule has 0 aliphatic rings. The lowest BCUT2D eigenvalue weighted by Crippen LogP contribution is -1.88. The first-order valence-electron chi connectivity index (χ1n) is 6.33. The number of nitrogens with one attached hydrogen (secondary N) is 1. The van der Waals surface area contributed by atoms with Crippen LogP contribution in [0.5, 0.6) is 0 Å². The predicted octanol–water partition coefficient (Wildman–Crippen LogP) is 2.64. The Labute approximate surface area is 97.8 Å². The van der Waals surface area contributed by atoms with Crippen LogP contribution in [0.3, 0.4) is 0 Å². The Balaban J connectivity index is 2.27. The minimum Gasteiger partial charge on any atom is -0.333 e. The van der Waals surface area contributed by atoms with Gasteiger partial charge >= 0.3 is 0 Å². The highest BCUT2D eigenvalue weighted by Crippen LogP contribution is 2.17. The van der Waals surface area contributed by atoms with Crippen molar-refractivity contribution in [1.29, 1.82) is 0 Å². The molecule has 0 amide bonds. The highest BCUT2D eigenvalue weighted by atomic mass is 32.1. The van der Waals surface area contributed by atoms with Gasteiger partial charge in [-0.3, -0.25) is 0 Å². The molecule has 0 aliphatic heterocycles. The number of H-pyrrole nitrogens is 1. The van der Waals surface area contributed by atoms with E-state index in [1.54, 1.807) is 18.2 Å². The average molecular weight is 219 g/mol. The lowest BCUT2D eigenvalue weighted by atomic mass is 10.3. The highest BCUT2D eigenvalue weighted by Gasteiger charge is 2.01. The third-order valence-electron chi connectivity index (χ3n) is 2.11. The summed E-state index contributed by atoms with van der Waals surface area (Å²) >= 11 is 4.12. The molecule has 15 heavy (non-hydrogen) atoms. The predicted molar refractivity (Wildman–Crippen MR) is 62.7 cm³/mol. The van der Waals surface area contributed by atoms with E-state index in [9.17, 15) is 0 Å². The Bertz CT molecular complexity index is 767. The number of rotatable bonds is 1. The van der Waals surface area contributed by atoms with Gasteiger partial charge in [0.05, 0.1) is 16.5 Å². The van der Waals surface area contributed by atoms with Gasteiger partial charge in [0.25, 0.3) is 0 Å². The molecule has 3 nitrogen and oxygen atoms in total. The number of aromatic nitrogens is 3. The maximum Gasteiger partial charge on any atom is 0.163 e. The molecule has 0 radical (unpaired) electrons. The van der Waals surface area contributed by atoms with Crippen LogP contribution in [0.25, 0.3) is 16.7 Å². The van der Waals surface area contributed by atoms with Crippen LogP contribution < -0.4 is 0 Å². The Morgan fingerprint density at radius 2 is 2.13 bits per heavy atom. The molecule has 1 aromatic carbocycles. The summed E-state index contributed by atoms with van der Waals surface area (Å²) in [6.45, 7) is 0. The van der Waals surface area contributed by atoms with Crippen molar-refractivity contribution in [1.82, 2.24) is 14.5 Å². The zero-order valence-electron chi connectivity index (χ0n) is 11.6. The van der Waals surface area contributed by atoms with Crippen LogP contribution in [0, 0.1) is 0 Å². The summed E-state index contributed by atoms with van der Waals surface area (Å²) < 4.78 is 32.0. The first-order chi connectivity index (χ1) is 8.99. The molecule has 74 valence electrons. The molecule has 0 saturated carbocycles. The Morgan fingerprint density at radius 1 is 1.33 bits per heavy atom. The van der Waals surface area contributed by atoms with E-state index in [-0.39, 0.29) is 24.4 Å². The molecule has 0 aliphatic carbocycles. The number of nitrogens with zero attached hydrogens (tertiary/aromatic N) is 2. The summed E-state index contributed by atoms with van der Waals surface area (Å²) in [7, 11) is 0. The number of imidazole rings is 1. The smallest absolute Gasteiger partial charge is 0.163 e. The highest BCUT2D eigenvalue weighted by molar-refractivity contribution is 7.80. The molecule has 0 unspecified atom stereocenters. The zero-order chi connectivity index (χ0) is 13.7. The number of benzene rings is 1. The van der Waals surface area contributed by atoms with Gasteiger partial charge in [0.2, 0.25) is 0 Å². The van der Waals surface area contributed by atoms with Crippen molar-refractivity contribution in [2.45, 2.75) is 5.16 Å². The molecule has 0 atom stereocenters. The monoisotopic (exact) mass is 219 g/mol. The van der Waals surface area contributed by atoms with Gasteiger partial charge < -0.3 is 9.55 Å². The number of hydrogen-bond acceptors (Lipinski definition) is 2. The van der Waals surface area contributed by atoms with E-state index in [2.05, 4.69) is 22.6 Å². The van der Waals surface area contributed by atoms with Crippen molar-refractivity contribution in [3.8, 4) is 5.69 Å². The Hall–Kier alpha value is -1.68. The Kier molecular flexibility index (Phi) is 1.14. The average Bonchev–Trinajstić information content (AvgIpc) is 2.83. The number of aromatic amines is 1. The summed E-state index contributed by atoms with van der Waals surface area (Å²) in [4.78, 5) is 7.13. The van der Waals surface area contributed by atoms with Crippen LogP contribution >= 0.6 is 12.6 Å². The standard InChI is InChI=1S/C11H9N3S/c15-11-12-9-4-3-8(7-10(9)13-11)14-5-1-2-6-14/h1-7H,(H2,12,13,15)/i1D,2D,5D,6D. The number of thiol groups is 1. The van der Waals surface area contributed by atoms with Gasteiger partial charge in [-0.2, -0.15) is 0 Å². The van der Waals surface area contributed by atoms with Gasteiger partial charge in [-0.15, -0.1) is 12.6 Å². The van der Waals surface area contributed by atoms with Crippen molar-refractivity contribution >= 4 is 23.7 Å². The van der Waals surface area contributed by atoms with Gasteiger partial charge in [0.1, 0.15) is 0 Å². The second-order valence-corrected chi connectivity index (χ2v) is 3.49. The van der Waals surface area contributed by atoms with Gasteiger partial charge in [-0.25, -0.2) is 4.98 Å². The van der Waals surface area contributed by atoms with Crippen molar-refractivity contribution < 1.29 is 5.48 Å². The lowest BCUT2D eigenvalue weighted by molar-refractivity contribution is 1.08. The zero-order valence-corrected chi connectivity index (χ0v) is 8.47. The number of hydrogen-bond donors (Lipinski definition) is 2. The first-order valence-corrected chi connectivity index (χ1v) is 4.78. The molecule has 0 spiro atoms. The Morgan fingerprint density at radius 3 is 2.93 bits per heavy atom. The van der Waals surface area contributed by atoms with E-state index in [0.717, 1.165) is 5.52 Å². The third-order valence-corrected chi connectivity index (χ3v) is 2.32. The summed E-state index contributed by atoms with van der Waals surface area (Å²) in [6.07, 6.45) is -0.341. The molecule has 3 rings (SSSR count). The summed E-state index contributed by atoms with van der Waals surface area (Å²) in [5, 5.41) is 0.485. The van der Waals surface area contributed by atoms with Gasteiger partial charge in [0, 0.05) is 18.0 Å². The number of fused-ring (bicyclic) bond motifs is 1. The van der Waals surface area contributed by atoms with Crippen LogP contribution in [0.15, 0.2) is 47.8 Å². The van der Waals surface area contributed by atoms with Crippen LogP contribution in [-0.4, -0.2) is 14.5 Å². The minimum absolute atomic E-state index is 0.170. The quantitative estimate of drug-likeness (QED) is 0.606. The first kappa shape index (κ1) is 5.42. The normalized spacial score (nSPS) is 14.7. The van der Waals surface area contributed by atoms with Crippen LogP contribution in [0.4, 0.5) is 0 Å². The molecule has 0 bridgehead atoms. The van der Waals surface area contributed by atoms with Gasteiger partial charge in [-0.1, -0.05) is 0 Å². The lowest BCUT2D eigenvalue weighted by Gasteiger charge is -2.01. The third kappa shape index (κ3) is 1.43. The molecule has 0 fully saturated rings. The second-order valence-electron chi connectivity index (χ2n) is 3.07. The second kappa shape index (κ2) is 3.17. The molecule has 0 saturated heterocycles. The fraction of sp³-hybridized carbons (Fsp3) is 0.